The van der Waals surface area contributed by atoms with Crippen LogP contribution in [0, 0.1) is 5.41 Å². The number of thiophene rings is 1. The highest BCUT2D eigenvalue weighted by atomic mass is 79.9. The van der Waals surface area contributed by atoms with Crippen molar-refractivity contribution in [3.63, 3.8) is 0 Å². The molecule has 0 unspecified atom stereocenters. The Hall–Kier alpha value is 0.0500. The van der Waals surface area contributed by atoms with Gasteiger partial charge in [0.05, 0.1) is 5.60 Å². The number of rotatable bonds is 4. The predicted octanol–water partition coefficient (Wildman–Crippen LogP) is 3.12. The van der Waals surface area contributed by atoms with E-state index >= 15 is 0 Å². The molecule has 1 heterocycles. The lowest BCUT2D eigenvalue weighted by atomic mass is 9.71. The first-order valence-corrected chi connectivity index (χ1v) is 9.74. The van der Waals surface area contributed by atoms with Gasteiger partial charge in [-0.2, -0.15) is 0 Å². The van der Waals surface area contributed by atoms with Crippen LogP contribution in [0.1, 0.15) is 39.5 Å². The summed E-state index contributed by atoms with van der Waals surface area (Å²) in [7, 11) is -3.55. The Kier molecular flexibility index (Phi) is 4.67. The van der Waals surface area contributed by atoms with E-state index in [-0.39, 0.29) is 16.2 Å². The summed E-state index contributed by atoms with van der Waals surface area (Å²) in [6.07, 6.45) is 3.09. The van der Waals surface area contributed by atoms with E-state index < -0.39 is 15.6 Å². The topological polar surface area (TPSA) is 66.4 Å². The van der Waals surface area contributed by atoms with Gasteiger partial charge in [0.2, 0.25) is 0 Å². The highest BCUT2D eigenvalue weighted by Gasteiger charge is 2.37. The molecule has 0 amide bonds. The molecule has 0 saturated heterocycles. The molecule has 1 aliphatic rings. The molecular weight excluding hydrogens is 362 g/mol. The van der Waals surface area contributed by atoms with E-state index in [0.29, 0.717) is 17.3 Å². The van der Waals surface area contributed by atoms with Crippen molar-refractivity contribution in [3.8, 4) is 0 Å². The average Bonchev–Trinajstić information content (AvgIpc) is 2.79. The molecule has 1 aromatic rings. The van der Waals surface area contributed by atoms with Gasteiger partial charge in [-0.3, -0.25) is 0 Å². The number of hydrogen-bond acceptors (Lipinski definition) is 4. The molecule has 0 atom stereocenters. The average molecular weight is 382 g/mol. The van der Waals surface area contributed by atoms with Crippen molar-refractivity contribution in [1.82, 2.24) is 4.72 Å². The number of aliphatic hydroxyl groups is 1. The molecule has 0 aliphatic heterocycles. The smallest absolute Gasteiger partial charge is 0.251 e. The quantitative estimate of drug-likeness (QED) is 0.841. The van der Waals surface area contributed by atoms with Gasteiger partial charge in [0.15, 0.2) is 0 Å². The molecule has 114 valence electrons. The Balaban J connectivity index is 2.01. The van der Waals surface area contributed by atoms with E-state index in [1.54, 1.807) is 11.4 Å². The highest BCUT2D eigenvalue weighted by molar-refractivity contribution is 9.10. The zero-order valence-electron chi connectivity index (χ0n) is 11.6. The van der Waals surface area contributed by atoms with Crippen LogP contribution in [0.2, 0.25) is 0 Å². The molecule has 4 nitrogen and oxygen atoms in total. The third kappa shape index (κ3) is 3.82. The minimum atomic E-state index is -3.55. The Morgan fingerprint density at radius 2 is 1.95 bits per heavy atom. The highest BCUT2D eigenvalue weighted by Crippen LogP contribution is 2.40. The second-order valence-corrected chi connectivity index (χ2v) is 10.0. The van der Waals surface area contributed by atoms with E-state index in [4.69, 9.17) is 0 Å². The van der Waals surface area contributed by atoms with Crippen molar-refractivity contribution in [2.75, 3.05) is 6.54 Å². The first kappa shape index (κ1) is 16.4. The maximum atomic E-state index is 12.2. The van der Waals surface area contributed by atoms with Crippen LogP contribution in [0.4, 0.5) is 0 Å². The maximum Gasteiger partial charge on any atom is 0.251 e. The third-order valence-corrected chi connectivity index (χ3v) is 8.03. The second kappa shape index (κ2) is 5.68. The number of halogens is 1. The first-order valence-electron chi connectivity index (χ1n) is 6.59. The molecule has 0 aromatic carbocycles. The van der Waals surface area contributed by atoms with E-state index in [1.165, 1.54) is 0 Å². The molecule has 0 bridgehead atoms. The lowest BCUT2D eigenvalue weighted by molar-refractivity contribution is -0.0205. The standard InChI is InChI=1S/C13H20BrNO3S2/c1-12(2)4-6-13(16,7-5-12)9-15-20(17,18)11-10(14)3-8-19-11/h3,8,15-16H,4-7,9H2,1-2H3. The fourth-order valence-electron chi connectivity index (χ4n) is 2.34. The van der Waals surface area contributed by atoms with Crippen LogP contribution in [0.5, 0.6) is 0 Å². The lowest BCUT2D eigenvalue weighted by Gasteiger charge is -2.40. The first-order chi connectivity index (χ1) is 9.14. The minimum absolute atomic E-state index is 0.0791. The number of sulfonamides is 1. The molecule has 1 aromatic heterocycles. The SMILES string of the molecule is CC1(C)CCC(O)(CNS(=O)(=O)c2sccc2Br)CC1. The zero-order valence-corrected chi connectivity index (χ0v) is 14.9. The van der Waals surface area contributed by atoms with Gasteiger partial charge in [-0.1, -0.05) is 13.8 Å². The Bertz CT molecular complexity index is 570. The third-order valence-electron chi connectivity index (χ3n) is 3.95. The fourth-order valence-corrected chi connectivity index (χ4v) is 5.84. The summed E-state index contributed by atoms with van der Waals surface area (Å²) >= 11 is 4.39. The van der Waals surface area contributed by atoms with Gasteiger partial charge in [-0.25, -0.2) is 13.1 Å². The molecule has 1 saturated carbocycles. The Labute approximate surface area is 132 Å². The summed E-state index contributed by atoms with van der Waals surface area (Å²) in [5.41, 5.74) is -0.686. The summed E-state index contributed by atoms with van der Waals surface area (Å²) < 4.78 is 27.7. The fraction of sp³-hybridized carbons (Fsp3) is 0.692. The molecular formula is C13H20BrNO3S2. The van der Waals surface area contributed by atoms with Crippen molar-refractivity contribution in [1.29, 1.82) is 0 Å². The van der Waals surface area contributed by atoms with Gasteiger partial charge >= 0.3 is 0 Å². The summed E-state index contributed by atoms with van der Waals surface area (Å²) in [5, 5.41) is 12.2. The molecule has 2 N–H and O–H groups in total. The molecule has 1 aliphatic carbocycles. The van der Waals surface area contributed by atoms with Crippen LogP contribution >= 0.6 is 27.3 Å². The van der Waals surface area contributed by atoms with Crippen LogP contribution in [0.15, 0.2) is 20.1 Å². The minimum Gasteiger partial charge on any atom is -0.389 e. The maximum absolute atomic E-state index is 12.2. The molecule has 20 heavy (non-hydrogen) atoms. The molecule has 7 heteroatoms. The van der Waals surface area contributed by atoms with Gasteiger partial charge < -0.3 is 5.11 Å². The monoisotopic (exact) mass is 381 g/mol. The predicted molar refractivity (Wildman–Crippen MR) is 84.4 cm³/mol. The Morgan fingerprint density at radius 3 is 2.45 bits per heavy atom. The number of hydrogen-bond donors (Lipinski definition) is 2. The van der Waals surface area contributed by atoms with Crippen LogP contribution < -0.4 is 4.72 Å². The van der Waals surface area contributed by atoms with Crippen LogP contribution in [0.25, 0.3) is 0 Å². The zero-order chi connectivity index (χ0) is 15.0. The second-order valence-electron chi connectivity index (χ2n) is 6.27. The molecule has 0 radical (unpaired) electrons. The Morgan fingerprint density at radius 1 is 1.35 bits per heavy atom. The van der Waals surface area contributed by atoms with Crippen molar-refractivity contribution in [2.24, 2.45) is 5.41 Å². The van der Waals surface area contributed by atoms with Crippen molar-refractivity contribution in [2.45, 2.75) is 49.3 Å². The number of nitrogens with one attached hydrogen (secondary N) is 1. The summed E-state index contributed by atoms with van der Waals surface area (Å²) in [4.78, 5) is 0. The van der Waals surface area contributed by atoms with Crippen molar-refractivity contribution >= 4 is 37.3 Å². The lowest BCUT2D eigenvalue weighted by Crippen LogP contribution is -2.46. The summed E-state index contributed by atoms with van der Waals surface area (Å²) in [5.74, 6) is 0. The van der Waals surface area contributed by atoms with E-state index in [9.17, 15) is 13.5 Å². The molecule has 2 rings (SSSR count). The van der Waals surface area contributed by atoms with Gasteiger partial charge in [0.25, 0.3) is 10.0 Å². The van der Waals surface area contributed by atoms with E-state index in [1.807, 2.05) is 0 Å². The molecule has 0 spiro atoms. The van der Waals surface area contributed by atoms with Crippen LogP contribution in [-0.4, -0.2) is 25.7 Å². The van der Waals surface area contributed by atoms with Gasteiger partial charge in [0.1, 0.15) is 4.21 Å². The van der Waals surface area contributed by atoms with Crippen LogP contribution in [-0.2, 0) is 10.0 Å². The normalized spacial score (nSPS) is 21.8. The van der Waals surface area contributed by atoms with E-state index in [0.717, 1.165) is 24.2 Å². The van der Waals surface area contributed by atoms with Gasteiger partial charge in [-0.15, -0.1) is 11.3 Å². The van der Waals surface area contributed by atoms with Crippen molar-refractivity contribution in [3.05, 3.63) is 15.9 Å². The van der Waals surface area contributed by atoms with Gasteiger partial charge in [-0.05, 0) is 58.5 Å². The summed E-state index contributed by atoms with van der Waals surface area (Å²) in [6.45, 7) is 4.44. The van der Waals surface area contributed by atoms with Crippen molar-refractivity contribution < 1.29 is 13.5 Å². The van der Waals surface area contributed by atoms with Crippen LogP contribution in [0.3, 0.4) is 0 Å². The summed E-state index contributed by atoms with van der Waals surface area (Å²) in [6, 6.07) is 1.71. The molecule has 1 fully saturated rings. The van der Waals surface area contributed by atoms with E-state index in [2.05, 4.69) is 34.5 Å². The largest absolute Gasteiger partial charge is 0.389 e. The van der Waals surface area contributed by atoms with Gasteiger partial charge in [0, 0.05) is 11.0 Å².